The molecular formula is C15H11F3N2O2. The van der Waals surface area contributed by atoms with Gasteiger partial charge in [0.25, 0.3) is 0 Å². The number of benzene rings is 2. The number of hydrogen-bond acceptors (Lipinski definition) is 2. The Balaban J connectivity index is 1.97. The molecule has 0 unspecified atom stereocenters. The zero-order chi connectivity index (χ0) is 15.9. The number of phenolic OH excluding ortho intramolecular Hbond substituents is 1. The van der Waals surface area contributed by atoms with Crippen molar-refractivity contribution >= 4 is 11.0 Å². The molecule has 0 amide bonds. The molecular weight excluding hydrogens is 297 g/mol. The minimum atomic E-state index is -4.38. The lowest BCUT2D eigenvalue weighted by atomic mass is 10.1. The minimum Gasteiger partial charge on any atom is -0.508 e. The van der Waals surface area contributed by atoms with Gasteiger partial charge in [-0.1, -0.05) is 12.1 Å². The largest absolute Gasteiger partial charge is 0.508 e. The van der Waals surface area contributed by atoms with Crippen LogP contribution in [-0.4, -0.2) is 14.7 Å². The number of alkyl halides is 3. The maximum atomic E-state index is 12.5. The molecule has 0 aliphatic heterocycles. The quantitative estimate of drug-likeness (QED) is 0.764. The number of H-pyrrole nitrogens is 1. The molecule has 22 heavy (non-hydrogen) atoms. The van der Waals surface area contributed by atoms with Gasteiger partial charge in [0.15, 0.2) is 0 Å². The third kappa shape index (κ3) is 2.57. The smallest absolute Gasteiger partial charge is 0.416 e. The summed E-state index contributed by atoms with van der Waals surface area (Å²) in [5.41, 5.74) is 0.497. The summed E-state index contributed by atoms with van der Waals surface area (Å²) in [6.07, 6.45) is -4.38. The molecule has 2 N–H and O–H groups in total. The average Bonchev–Trinajstić information content (AvgIpc) is 2.74. The third-order valence-corrected chi connectivity index (χ3v) is 3.38. The third-order valence-electron chi connectivity index (χ3n) is 3.38. The molecule has 1 aromatic heterocycles. The van der Waals surface area contributed by atoms with Gasteiger partial charge in [-0.05, 0) is 29.8 Å². The summed E-state index contributed by atoms with van der Waals surface area (Å²) in [5.74, 6) is 0.0235. The molecule has 0 spiro atoms. The van der Waals surface area contributed by atoms with Crippen LogP contribution in [0.1, 0.15) is 11.1 Å². The Labute approximate surface area is 122 Å². The number of nitrogens with zero attached hydrogens (tertiary/aromatic N) is 1. The van der Waals surface area contributed by atoms with E-state index in [4.69, 9.17) is 0 Å². The second kappa shape index (κ2) is 4.94. The highest BCUT2D eigenvalue weighted by Gasteiger charge is 2.29. The average molecular weight is 308 g/mol. The summed E-state index contributed by atoms with van der Waals surface area (Å²) in [6, 6.07) is 9.09. The van der Waals surface area contributed by atoms with E-state index in [0.717, 1.165) is 12.1 Å². The number of aromatic nitrogens is 2. The Morgan fingerprint density at radius 2 is 1.77 bits per heavy atom. The molecule has 3 rings (SSSR count). The molecule has 0 fully saturated rings. The Bertz CT molecular complexity index is 876. The molecule has 0 atom stereocenters. The Hall–Kier alpha value is -2.70. The first kappa shape index (κ1) is 14.2. The van der Waals surface area contributed by atoms with Crippen LogP contribution in [0.25, 0.3) is 11.0 Å². The van der Waals surface area contributed by atoms with Gasteiger partial charge in [-0.2, -0.15) is 13.2 Å². The van der Waals surface area contributed by atoms with Crippen LogP contribution in [0.15, 0.2) is 47.3 Å². The van der Waals surface area contributed by atoms with E-state index in [-0.39, 0.29) is 18.0 Å². The van der Waals surface area contributed by atoms with Crippen molar-refractivity contribution in [3.05, 3.63) is 64.1 Å². The second-order valence-electron chi connectivity index (χ2n) is 4.91. The standard InChI is InChI=1S/C15H11F3N2O2/c16-15(17,18)10-3-1-9(2-4-10)8-20-13-6-5-11(21)7-12(13)19-14(20)22/h1-7,21H,8H2,(H,19,22). The van der Waals surface area contributed by atoms with Crippen LogP contribution in [0, 0.1) is 0 Å². The molecule has 0 bridgehead atoms. The number of imidazole rings is 1. The van der Waals surface area contributed by atoms with Gasteiger partial charge >= 0.3 is 11.9 Å². The SMILES string of the molecule is O=c1[nH]c2cc(O)ccc2n1Cc1ccc(C(F)(F)F)cc1. The van der Waals surface area contributed by atoms with Gasteiger partial charge in [0, 0.05) is 6.07 Å². The fourth-order valence-corrected chi connectivity index (χ4v) is 2.29. The Morgan fingerprint density at radius 3 is 2.41 bits per heavy atom. The topological polar surface area (TPSA) is 58.0 Å². The number of nitrogens with one attached hydrogen (secondary N) is 1. The summed E-state index contributed by atoms with van der Waals surface area (Å²) in [4.78, 5) is 14.5. The monoisotopic (exact) mass is 308 g/mol. The first-order valence-electron chi connectivity index (χ1n) is 6.42. The van der Waals surface area contributed by atoms with E-state index < -0.39 is 11.7 Å². The normalized spacial score (nSPS) is 12.0. The summed E-state index contributed by atoms with van der Waals surface area (Å²) in [6.45, 7) is 0.141. The highest BCUT2D eigenvalue weighted by molar-refractivity contribution is 5.76. The van der Waals surface area contributed by atoms with Crippen molar-refractivity contribution in [3.63, 3.8) is 0 Å². The molecule has 7 heteroatoms. The van der Waals surface area contributed by atoms with Crippen LogP contribution < -0.4 is 5.69 Å². The number of aromatic amines is 1. The van der Waals surface area contributed by atoms with Crippen molar-refractivity contribution in [2.24, 2.45) is 0 Å². The van der Waals surface area contributed by atoms with Crippen LogP contribution in [0.2, 0.25) is 0 Å². The minimum absolute atomic E-state index is 0.0235. The van der Waals surface area contributed by atoms with Crippen LogP contribution in [-0.2, 0) is 12.7 Å². The van der Waals surface area contributed by atoms with E-state index in [1.54, 1.807) is 6.07 Å². The highest BCUT2D eigenvalue weighted by Crippen LogP contribution is 2.29. The number of hydrogen-bond donors (Lipinski definition) is 2. The number of fused-ring (bicyclic) bond motifs is 1. The number of phenols is 1. The molecule has 2 aromatic carbocycles. The van der Waals surface area contributed by atoms with E-state index in [1.165, 1.54) is 28.8 Å². The van der Waals surface area contributed by atoms with Gasteiger partial charge in [-0.3, -0.25) is 4.57 Å². The number of rotatable bonds is 2. The lowest BCUT2D eigenvalue weighted by Crippen LogP contribution is -2.17. The van der Waals surface area contributed by atoms with Gasteiger partial charge in [0.05, 0.1) is 23.1 Å². The van der Waals surface area contributed by atoms with Crippen molar-refractivity contribution in [2.75, 3.05) is 0 Å². The molecule has 0 saturated heterocycles. The molecule has 1 heterocycles. The van der Waals surface area contributed by atoms with Crippen molar-refractivity contribution in [1.29, 1.82) is 0 Å². The molecule has 0 aliphatic carbocycles. The van der Waals surface area contributed by atoms with Crippen molar-refractivity contribution in [3.8, 4) is 5.75 Å². The molecule has 0 radical (unpaired) electrons. The van der Waals surface area contributed by atoms with Crippen LogP contribution in [0.3, 0.4) is 0 Å². The van der Waals surface area contributed by atoms with Gasteiger partial charge in [-0.25, -0.2) is 4.79 Å². The summed E-state index contributed by atoms with van der Waals surface area (Å²) in [5, 5.41) is 9.39. The Kier molecular flexibility index (Phi) is 3.20. The van der Waals surface area contributed by atoms with Crippen LogP contribution >= 0.6 is 0 Å². The summed E-state index contributed by atoms with van der Waals surface area (Å²) < 4.78 is 39.0. The van der Waals surface area contributed by atoms with Crippen molar-refractivity contribution in [1.82, 2.24) is 9.55 Å². The highest BCUT2D eigenvalue weighted by atomic mass is 19.4. The molecule has 0 aliphatic rings. The zero-order valence-corrected chi connectivity index (χ0v) is 11.2. The zero-order valence-electron chi connectivity index (χ0n) is 11.2. The fourth-order valence-electron chi connectivity index (χ4n) is 2.29. The van der Waals surface area contributed by atoms with Crippen LogP contribution in [0.5, 0.6) is 5.75 Å². The lowest BCUT2D eigenvalue weighted by Gasteiger charge is -2.08. The molecule has 3 aromatic rings. The van der Waals surface area contributed by atoms with Gasteiger partial charge in [0.2, 0.25) is 0 Å². The number of aromatic hydroxyl groups is 1. The predicted molar refractivity (Wildman–Crippen MR) is 74.8 cm³/mol. The van der Waals surface area contributed by atoms with E-state index in [1.807, 2.05) is 0 Å². The summed E-state index contributed by atoms with van der Waals surface area (Å²) >= 11 is 0. The maximum Gasteiger partial charge on any atom is 0.416 e. The van der Waals surface area contributed by atoms with E-state index in [9.17, 15) is 23.1 Å². The molecule has 114 valence electrons. The molecule has 4 nitrogen and oxygen atoms in total. The first-order chi connectivity index (χ1) is 10.3. The van der Waals surface area contributed by atoms with Gasteiger partial charge in [-0.15, -0.1) is 0 Å². The van der Waals surface area contributed by atoms with Gasteiger partial charge < -0.3 is 10.1 Å². The number of halogens is 3. The van der Waals surface area contributed by atoms with E-state index in [2.05, 4.69) is 4.98 Å². The van der Waals surface area contributed by atoms with E-state index in [0.29, 0.717) is 16.6 Å². The lowest BCUT2D eigenvalue weighted by molar-refractivity contribution is -0.137. The summed E-state index contributed by atoms with van der Waals surface area (Å²) in [7, 11) is 0. The molecule has 0 saturated carbocycles. The van der Waals surface area contributed by atoms with E-state index >= 15 is 0 Å². The Morgan fingerprint density at radius 1 is 1.09 bits per heavy atom. The first-order valence-corrected chi connectivity index (χ1v) is 6.42. The van der Waals surface area contributed by atoms with Crippen molar-refractivity contribution in [2.45, 2.75) is 12.7 Å². The van der Waals surface area contributed by atoms with Crippen LogP contribution in [0.4, 0.5) is 13.2 Å². The second-order valence-corrected chi connectivity index (χ2v) is 4.91. The fraction of sp³-hybridized carbons (Fsp3) is 0.133. The van der Waals surface area contributed by atoms with Gasteiger partial charge in [0.1, 0.15) is 5.75 Å². The predicted octanol–water partition coefficient (Wildman–Crippen LogP) is 3.10. The van der Waals surface area contributed by atoms with Crippen molar-refractivity contribution < 1.29 is 18.3 Å². The maximum absolute atomic E-state index is 12.5.